The Kier molecular flexibility index (Phi) is 22.4. The summed E-state index contributed by atoms with van der Waals surface area (Å²) >= 11 is 0. The van der Waals surface area contributed by atoms with E-state index in [4.69, 9.17) is 14.2 Å². The lowest BCUT2D eigenvalue weighted by Gasteiger charge is -2.32. The van der Waals surface area contributed by atoms with E-state index in [9.17, 15) is 24.3 Å². The molecule has 0 aliphatic rings. The predicted molar refractivity (Wildman–Crippen MR) is 200 cm³/mol. The highest BCUT2D eigenvalue weighted by atomic mass is 16.6. The van der Waals surface area contributed by atoms with Gasteiger partial charge in [0.25, 0.3) is 0 Å². The molecule has 0 amide bonds. The number of hydrogen-bond acceptors (Lipinski definition) is 7. The quantitative estimate of drug-likeness (QED) is 0.0693. The van der Waals surface area contributed by atoms with Gasteiger partial charge in [0.05, 0.1) is 35.5 Å². The number of carbonyl (C=O) groups excluding carboxylic acids is 3. The molecule has 2 rings (SSSR count). The number of benzene rings is 2. The van der Waals surface area contributed by atoms with E-state index in [1.54, 1.807) is 36.4 Å². The van der Waals surface area contributed by atoms with Crippen LogP contribution in [0.1, 0.15) is 180 Å². The van der Waals surface area contributed by atoms with E-state index in [-0.39, 0.29) is 11.1 Å². The van der Waals surface area contributed by atoms with Gasteiger partial charge in [-0.25, -0.2) is 19.2 Å². The highest BCUT2D eigenvalue weighted by Crippen LogP contribution is 2.29. The number of carboxylic acids is 1. The number of carboxylic acid groups (broad SMARTS) is 1. The van der Waals surface area contributed by atoms with Crippen molar-refractivity contribution in [3.63, 3.8) is 0 Å². The van der Waals surface area contributed by atoms with Crippen molar-refractivity contribution in [1.82, 2.24) is 0 Å². The van der Waals surface area contributed by atoms with Crippen molar-refractivity contribution in [1.29, 1.82) is 0 Å². The fraction of sp³-hybridized carbons (Fsp3) is 0.619. The summed E-state index contributed by atoms with van der Waals surface area (Å²) in [5.74, 6) is -1.81. The Hall–Kier alpha value is -3.68. The number of ether oxygens (including phenoxy) is 3. The maximum absolute atomic E-state index is 12.6. The van der Waals surface area contributed by atoms with Crippen LogP contribution < -0.4 is 0 Å². The zero-order valence-corrected chi connectivity index (χ0v) is 31.9. The maximum Gasteiger partial charge on any atom is 0.339 e. The Morgan fingerprint density at radius 2 is 0.980 bits per heavy atom. The summed E-state index contributed by atoms with van der Waals surface area (Å²) in [5, 5.41) is 9.19. The molecule has 8 heteroatoms. The van der Waals surface area contributed by atoms with E-state index in [0.29, 0.717) is 36.2 Å². The highest BCUT2D eigenvalue weighted by Gasteiger charge is 2.32. The standard InChI is InChI=1S/C24H38O4.C18H26O4/c1-5-9-13-19(7-3)17-27-23(25)21-15-11-12-16-22(21)24(26)28-18-20(8-4)14-10-6-2;1-4-7-10-13-18(5-2,6-3)22-17(21)15-12-9-8-11-14(15)16(19)20/h11-12,15-16,19-20H,5-10,13-14,17-18H2,1-4H3;8-9,11-12H,4-7,10,13H2,1-3H3,(H,19,20). The Labute approximate surface area is 301 Å². The molecule has 0 bridgehead atoms. The third-order valence-corrected chi connectivity index (χ3v) is 9.56. The molecular formula is C42H64O8. The van der Waals surface area contributed by atoms with Crippen LogP contribution in [-0.4, -0.2) is 47.8 Å². The molecule has 0 radical (unpaired) electrons. The van der Waals surface area contributed by atoms with Gasteiger partial charge in [-0.15, -0.1) is 0 Å². The first-order valence-corrected chi connectivity index (χ1v) is 19.0. The lowest BCUT2D eigenvalue weighted by molar-refractivity contribution is -0.0287. The lowest BCUT2D eigenvalue weighted by atomic mass is 9.90. The summed E-state index contributed by atoms with van der Waals surface area (Å²) < 4.78 is 16.8. The molecule has 2 aromatic carbocycles. The number of hydrogen-bond donors (Lipinski definition) is 1. The van der Waals surface area contributed by atoms with E-state index < -0.39 is 29.5 Å². The minimum Gasteiger partial charge on any atom is -0.478 e. The van der Waals surface area contributed by atoms with Crippen LogP contribution in [0, 0.1) is 11.8 Å². The van der Waals surface area contributed by atoms with Gasteiger partial charge < -0.3 is 19.3 Å². The molecule has 280 valence electrons. The van der Waals surface area contributed by atoms with Crippen LogP contribution in [0.5, 0.6) is 0 Å². The fourth-order valence-corrected chi connectivity index (χ4v) is 5.77. The molecule has 0 aliphatic carbocycles. The molecule has 0 heterocycles. The van der Waals surface area contributed by atoms with Gasteiger partial charge in [-0.2, -0.15) is 0 Å². The zero-order chi connectivity index (χ0) is 37.4. The maximum atomic E-state index is 12.6. The van der Waals surface area contributed by atoms with Crippen molar-refractivity contribution < 1.29 is 38.5 Å². The van der Waals surface area contributed by atoms with Crippen molar-refractivity contribution in [3.8, 4) is 0 Å². The molecule has 0 aromatic heterocycles. The van der Waals surface area contributed by atoms with Crippen LogP contribution in [-0.2, 0) is 14.2 Å². The first-order valence-electron chi connectivity index (χ1n) is 19.0. The number of rotatable bonds is 23. The first kappa shape index (κ1) is 44.3. The largest absolute Gasteiger partial charge is 0.478 e. The predicted octanol–water partition coefficient (Wildman–Crippen LogP) is 11.1. The second-order valence-corrected chi connectivity index (χ2v) is 13.2. The van der Waals surface area contributed by atoms with Gasteiger partial charge in [-0.3, -0.25) is 0 Å². The van der Waals surface area contributed by atoms with Crippen molar-refractivity contribution in [3.05, 3.63) is 70.8 Å². The van der Waals surface area contributed by atoms with Crippen molar-refractivity contribution in [2.45, 2.75) is 144 Å². The third-order valence-electron chi connectivity index (χ3n) is 9.56. The first-order chi connectivity index (χ1) is 24.1. The molecule has 0 saturated heterocycles. The van der Waals surface area contributed by atoms with Gasteiger partial charge in [0.2, 0.25) is 0 Å². The molecule has 1 N–H and O–H groups in total. The van der Waals surface area contributed by atoms with Gasteiger partial charge in [-0.1, -0.05) is 124 Å². The third kappa shape index (κ3) is 15.5. The SMILES string of the molecule is CCCCC(CC)COC(=O)c1ccccc1C(=O)OCC(CC)CCCC.CCCCCC(CC)(CC)OC(=O)c1ccccc1C(=O)O. The van der Waals surface area contributed by atoms with Crippen LogP contribution >= 0.6 is 0 Å². The monoisotopic (exact) mass is 696 g/mol. The molecule has 2 atom stereocenters. The highest BCUT2D eigenvalue weighted by molar-refractivity contribution is 6.03. The van der Waals surface area contributed by atoms with Crippen molar-refractivity contribution in [2.75, 3.05) is 13.2 Å². The summed E-state index contributed by atoms with van der Waals surface area (Å²) in [5.41, 5.74) is 0.190. The molecule has 0 spiro atoms. The average molecular weight is 697 g/mol. The second kappa shape index (κ2) is 25.3. The summed E-state index contributed by atoms with van der Waals surface area (Å²) in [4.78, 5) is 48.8. The van der Waals surface area contributed by atoms with Crippen LogP contribution in [0.25, 0.3) is 0 Å². The zero-order valence-electron chi connectivity index (χ0n) is 31.9. The van der Waals surface area contributed by atoms with Crippen molar-refractivity contribution in [2.24, 2.45) is 11.8 Å². The minimum absolute atomic E-state index is 0.0119. The molecular weight excluding hydrogens is 632 g/mol. The number of unbranched alkanes of at least 4 members (excludes halogenated alkanes) is 4. The lowest BCUT2D eigenvalue weighted by Crippen LogP contribution is -2.34. The Morgan fingerprint density at radius 3 is 1.34 bits per heavy atom. The molecule has 2 unspecified atom stereocenters. The molecule has 2 aromatic rings. The molecule has 0 saturated carbocycles. The van der Waals surface area contributed by atoms with Gasteiger partial charge in [0.1, 0.15) is 5.60 Å². The van der Waals surface area contributed by atoms with Crippen LogP contribution in [0.15, 0.2) is 48.5 Å². The van der Waals surface area contributed by atoms with E-state index in [2.05, 4.69) is 34.6 Å². The normalized spacial score (nSPS) is 12.2. The molecule has 8 nitrogen and oxygen atoms in total. The molecule has 0 fully saturated rings. The topological polar surface area (TPSA) is 116 Å². The summed E-state index contributed by atoms with van der Waals surface area (Å²) in [6.45, 7) is 15.5. The smallest absolute Gasteiger partial charge is 0.339 e. The second-order valence-electron chi connectivity index (χ2n) is 13.2. The van der Waals surface area contributed by atoms with E-state index in [1.807, 2.05) is 13.8 Å². The summed E-state index contributed by atoms with van der Waals surface area (Å²) in [6.07, 6.45) is 14.1. The van der Waals surface area contributed by atoms with Crippen LogP contribution in [0.4, 0.5) is 0 Å². The van der Waals surface area contributed by atoms with Crippen LogP contribution in [0.3, 0.4) is 0 Å². The van der Waals surface area contributed by atoms with Gasteiger partial charge in [-0.05, 0) is 74.6 Å². The number of carbonyl (C=O) groups is 4. The summed E-state index contributed by atoms with van der Waals surface area (Å²) in [7, 11) is 0. The van der Waals surface area contributed by atoms with Gasteiger partial charge >= 0.3 is 23.9 Å². The van der Waals surface area contributed by atoms with E-state index >= 15 is 0 Å². The minimum atomic E-state index is -1.11. The van der Waals surface area contributed by atoms with E-state index in [0.717, 1.165) is 89.9 Å². The molecule has 50 heavy (non-hydrogen) atoms. The average Bonchev–Trinajstić information content (AvgIpc) is 3.14. The number of esters is 3. The van der Waals surface area contributed by atoms with Gasteiger partial charge in [0.15, 0.2) is 0 Å². The summed E-state index contributed by atoms with van der Waals surface area (Å²) in [6, 6.07) is 13.0. The van der Waals surface area contributed by atoms with Crippen molar-refractivity contribution >= 4 is 23.9 Å². The van der Waals surface area contributed by atoms with E-state index in [1.165, 1.54) is 12.1 Å². The Bertz CT molecular complexity index is 1230. The number of aromatic carboxylic acids is 1. The molecule has 0 aliphatic heterocycles. The van der Waals surface area contributed by atoms with Gasteiger partial charge in [0, 0.05) is 0 Å². The fourth-order valence-electron chi connectivity index (χ4n) is 5.77. The van der Waals surface area contributed by atoms with Crippen LogP contribution in [0.2, 0.25) is 0 Å². The Balaban J connectivity index is 0.000000515. The Morgan fingerprint density at radius 1 is 0.580 bits per heavy atom.